The lowest BCUT2D eigenvalue weighted by atomic mass is 10.1. The van der Waals surface area contributed by atoms with Crippen LogP contribution in [-0.4, -0.2) is 27.3 Å². The van der Waals surface area contributed by atoms with Gasteiger partial charge in [-0.05, 0) is 43.5 Å². The number of carbonyl (C=O) groups excluding carboxylic acids is 1. The normalized spacial score (nSPS) is 12.9. The van der Waals surface area contributed by atoms with Gasteiger partial charge in [0.1, 0.15) is 6.10 Å². The smallest absolute Gasteiger partial charge is 0.333 e. The van der Waals surface area contributed by atoms with Crippen LogP contribution in [0.4, 0.5) is 0 Å². The van der Waals surface area contributed by atoms with Crippen molar-refractivity contribution in [1.82, 2.24) is 17.4 Å². The summed E-state index contributed by atoms with van der Waals surface area (Å²) in [6.45, 7) is 5.12. The average molecular weight is 494 g/mol. The Morgan fingerprint density at radius 2 is 1.61 bits per heavy atom. The van der Waals surface area contributed by atoms with Crippen molar-refractivity contribution < 1.29 is 24.0 Å². The Morgan fingerprint density at radius 1 is 1.06 bits per heavy atom. The molecule has 0 bridgehead atoms. The van der Waals surface area contributed by atoms with Crippen LogP contribution in [0.25, 0.3) is 0 Å². The molecule has 0 fully saturated rings. The zero-order chi connectivity index (χ0) is 21.8. The molecule has 2 unspecified atom stereocenters. The largest absolute Gasteiger partial charge is 0.344 e. The molecule has 2 rings (SSSR count). The second-order valence-corrected chi connectivity index (χ2v) is 9.46. The summed E-state index contributed by atoms with van der Waals surface area (Å²) in [6, 6.07) is 12.1. The fraction of sp³-hybridized carbons (Fsp3) is 0.350. The van der Waals surface area contributed by atoms with Gasteiger partial charge in [0.05, 0.1) is 15.7 Å². The minimum atomic E-state index is -4.51. The van der Waals surface area contributed by atoms with Crippen LogP contribution in [0.15, 0.2) is 42.5 Å². The van der Waals surface area contributed by atoms with E-state index in [1.54, 1.807) is 6.92 Å². The first kappa shape index (κ1) is 29.5. The first-order chi connectivity index (χ1) is 13.5. The maximum absolute atomic E-state index is 12.1. The molecule has 2 aromatic rings. The van der Waals surface area contributed by atoms with Gasteiger partial charge in [0, 0.05) is 13.5 Å². The molecule has 2 atom stereocenters. The SMILES string of the molecule is CC(=O)N(CCC(c1ccc(Cl)c(Cl)c1)P(=O)(O)O)OC(C)c1ccc(C)cc1.N.N. The summed E-state index contributed by atoms with van der Waals surface area (Å²) in [5, 5.41) is 1.63. The highest BCUT2D eigenvalue weighted by atomic mass is 35.5. The summed E-state index contributed by atoms with van der Waals surface area (Å²) in [4.78, 5) is 37.4. The summed E-state index contributed by atoms with van der Waals surface area (Å²) in [5.74, 6) is -0.359. The second-order valence-electron chi connectivity index (χ2n) is 6.85. The highest BCUT2D eigenvalue weighted by Crippen LogP contribution is 2.54. The number of hydrogen-bond donors (Lipinski definition) is 4. The predicted molar refractivity (Wildman–Crippen MR) is 124 cm³/mol. The molecule has 0 aliphatic heterocycles. The van der Waals surface area contributed by atoms with Crippen LogP contribution >= 0.6 is 30.8 Å². The molecule has 0 aromatic heterocycles. The molecule has 0 heterocycles. The van der Waals surface area contributed by atoms with Crippen molar-refractivity contribution in [2.75, 3.05) is 6.54 Å². The van der Waals surface area contributed by atoms with Crippen LogP contribution in [0, 0.1) is 6.92 Å². The Bertz CT molecular complexity index is 908. The molecule has 2 aromatic carbocycles. The first-order valence-corrected chi connectivity index (χ1v) is 11.4. The number of hydrogen-bond acceptors (Lipinski definition) is 5. The van der Waals surface area contributed by atoms with Crippen LogP contribution < -0.4 is 12.3 Å². The molecule has 0 aliphatic rings. The number of nitrogens with zero attached hydrogens (tertiary/aromatic N) is 1. The van der Waals surface area contributed by atoms with Crippen molar-refractivity contribution in [3.05, 3.63) is 69.2 Å². The molecule has 0 saturated heterocycles. The molecular formula is C20H30Cl2N3O5P. The molecule has 0 aliphatic carbocycles. The third-order valence-electron chi connectivity index (χ3n) is 4.52. The maximum Gasteiger partial charge on any atom is 0.333 e. The first-order valence-electron chi connectivity index (χ1n) is 9.00. The van der Waals surface area contributed by atoms with E-state index in [2.05, 4.69) is 0 Å². The number of halogens is 2. The number of rotatable bonds is 8. The van der Waals surface area contributed by atoms with E-state index in [0.717, 1.165) is 16.2 Å². The van der Waals surface area contributed by atoms with Crippen molar-refractivity contribution in [1.29, 1.82) is 0 Å². The average Bonchev–Trinajstić information content (AvgIpc) is 2.63. The Labute approximate surface area is 192 Å². The van der Waals surface area contributed by atoms with E-state index < -0.39 is 19.4 Å². The van der Waals surface area contributed by atoms with Crippen LogP contribution in [0.1, 0.15) is 48.7 Å². The molecule has 174 valence electrons. The van der Waals surface area contributed by atoms with Crippen molar-refractivity contribution >= 4 is 36.7 Å². The van der Waals surface area contributed by atoms with E-state index in [9.17, 15) is 19.1 Å². The van der Waals surface area contributed by atoms with Crippen LogP contribution in [-0.2, 0) is 14.2 Å². The van der Waals surface area contributed by atoms with E-state index in [1.165, 1.54) is 25.1 Å². The Balaban J connectivity index is 0.00000450. The lowest BCUT2D eigenvalue weighted by molar-refractivity contribution is -0.203. The summed E-state index contributed by atoms with van der Waals surface area (Å²) in [5.41, 5.74) is 1.20. The van der Waals surface area contributed by atoms with Gasteiger partial charge in [-0.3, -0.25) is 14.2 Å². The van der Waals surface area contributed by atoms with Gasteiger partial charge in [0.2, 0.25) is 5.91 Å². The maximum atomic E-state index is 12.1. The number of hydroxylamine groups is 2. The number of benzene rings is 2. The Hall–Kier alpha value is -1.48. The molecular weight excluding hydrogens is 464 g/mol. The highest BCUT2D eigenvalue weighted by Gasteiger charge is 2.32. The molecule has 1 amide bonds. The standard InChI is InChI=1S/C20H24Cl2NO5P.2H3N/c1-13-4-6-16(7-5-13)14(2)28-23(15(3)24)11-10-20(29(25,26)27)17-8-9-18(21)19(22)12-17;;/h4-9,12,14,20H,10-11H2,1-3H3,(H2,25,26,27);2*1H3. The van der Waals surface area contributed by atoms with Crippen molar-refractivity contribution in [2.45, 2.75) is 39.0 Å². The fourth-order valence-corrected chi connectivity index (χ4v) is 4.17. The molecule has 31 heavy (non-hydrogen) atoms. The van der Waals surface area contributed by atoms with Gasteiger partial charge in [-0.25, -0.2) is 5.06 Å². The molecule has 11 heteroatoms. The minimum Gasteiger partial charge on any atom is -0.344 e. The Morgan fingerprint density at radius 3 is 2.10 bits per heavy atom. The Kier molecular flexibility index (Phi) is 11.9. The number of carbonyl (C=O) groups is 1. The quantitative estimate of drug-likeness (QED) is 0.268. The molecule has 0 radical (unpaired) electrons. The summed E-state index contributed by atoms with van der Waals surface area (Å²) >= 11 is 11.9. The molecule has 0 saturated carbocycles. The minimum absolute atomic E-state index is 0. The van der Waals surface area contributed by atoms with Crippen LogP contribution in [0.3, 0.4) is 0 Å². The van der Waals surface area contributed by atoms with E-state index in [-0.39, 0.29) is 36.2 Å². The van der Waals surface area contributed by atoms with Gasteiger partial charge in [0.15, 0.2) is 0 Å². The predicted octanol–water partition coefficient (Wildman–Crippen LogP) is 5.78. The number of amides is 1. The monoisotopic (exact) mass is 493 g/mol. The van der Waals surface area contributed by atoms with E-state index in [1.807, 2.05) is 31.2 Å². The summed E-state index contributed by atoms with van der Waals surface area (Å²) in [6.07, 6.45) is -0.416. The lowest BCUT2D eigenvalue weighted by Crippen LogP contribution is -2.32. The van der Waals surface area contributed by atoms with Crippen molar-refractivity contribution in [3.63, 3.8) is 0 Å². The zero-order valence-corrected chi connectivity index (χ0v) is 20.2. The van der Waals surface area contributed by atoms with Gasteiger partial charge >= 0.3 is 7.60 Å². The van der Waals surface area contributed by atoms with Crippen molar-refractivity contribution in [2.24, 2.45) is 0 Å². The summed E-state index contributed by atoms with van der Waals surface area (Å²) in [7, 11) is -4.51. The van der Waals surface area contributed by atoms with Gasteiger partial charge < -0.3 is 22.1 Å². The topological polar surface area (TPSA) is 157 Å². The second kappa shape index (κ2) is 12.5. The summed E-state index contributed by atoms with van der Waals surface area (Å²) < 4.78 is 12.1. The third-order valence-corrected chi connectivity index (χ3v) is 6.63. The van der Waals surface area contributed by atoms with Gasteiger partial charge in [0.25, 0.3) is 0 Å². The molecule has 8 nitrogen and oxygen atoms in total. The van der Waals surface area contributed by atoms with Crippen LogP contribution in [0.2, 0.25) is 10.0 Å². The van der Waals surface area contributed by atoms with Gasteiger partial charge in [-0.15, -0.1) is 0 Å². The van der Waals surface area contributed by atoms with Crippen molar-refractivity contribution in [3.8, 4) is 0 Å². The molecule has 8 N–H and O–H groups in total. The van der Waals surface area contributed by atoms with Crippen LogP contribution in [0.5, 0.6) is 0 Å². The zero-order valence-electron chi connectivity index (χ0n) is 17.8. The third kappa shape index (κ3) is 8.52. The van der Waals surface area contributed by atoms with E-state index >= 15 is 0 Å². The number of aryl methyl sites for hydroxylation is 1. The van der Waals surface area contributed by atoms with Gasteiger partial charge in [-0.2, -0.15) is 0 Å². The van der Waals surface area contributed by atoms with E-state index in [0.29, 0.717) is 10.6 Å². The fourth-order valence-electron chi connectivity index (χ4n) is 2.86. The van der Waals surface area contributed by atoms with E-state index in [4.69, 9.17) is 28.0 Å². The van der Waals surface area contributed by atoms with Gasteiger partial charge in [-0.1, -0.05) is 59.1 Å². The highest BCUT2D eigenvalue weighted by molar-refractivity contribution is 7.52. The lowest BCUT2D eigenvalue weighted by Gasteiger charge is -2.27. The molecule has 0 spiro atoms.